The van der Waals surface area contributed by atoms with Crippen LogP contribution in [-0.2, 0) is 4.79 Å². The number of amides is 1. The minimum absolute atomic E-state index is 0.0857. The molecule has 1 aliphatic heterocycles. The van der Waals surface area contributed by atoms with Crippen molar-refractivity contribution in [3.8, 4) is 11.5 Å². The van der Waals surface area contributed by atoms with Gasteiger partial charge in [-0.1, -0.05) is 18.2 Å². The molecule has 0 aliphatic carbocycles. The fourth-order valence-electron chi connectivity index (χ4n) is 3.28. The Morgan fingerprint density at radius 1 is 1.11 bits per heavy atom. The molecule has 0 saturated carbocycles. The van der Waals surface area contributed by atoms with Crippen LogP contribution < -0.4 is 14.8 Å². The van der Waals surface area contributed by atoms with E-state index in [0.717, 1.165) is 43.1 Å². The number of para-hydroxylation sites is 1. The maximum Gasteiger partial charge on any atom is 0.221 e. The first kappa shape index (κ1) is 20.2. The van der Waals surface area contributed by atoms with E-state index in [1.54, 1.807) is 0 Å². The molecule has 1 saturated heterocycles. The molecule has 1 fully saturated rings. The van der Waals surface area contributed by atoms with Gasteiger partial charge in [-0.05, 0) is 49.2 Å². The lowest BCUT2D eigenvalue weighted by molar-refractivity contribution is -0.114. The lowest BCUT2D eigenvalue weighted by Crippen LogP contribution is -2.43. The molecule has 0 aromatic heterocycles. The molecule has 1 amide bonds. The molecule has 150 valence electrons. The van der Waals surface area contributed by atoms with Crippen molar-refractivity contribution in [2.75, 3.05) is 31.6 Å². The zero-order valence-electron chi connectivity index (χ0n) is 16.2. The molecule has 0 radical (unpaired) electrons. The Hall–Kier alpha value is -2.57. The Bertz CT molecular complexity index is 728. The minimum atomic E-state index is -0.515. The summed E-state index contributed by atoms with van der Waals surface area (Å²) in [6.45, 7) is 4.16. The van der Waals surface area contributed by atoms with Crippen molar-refractivity contribution in [1.82, 2.24) is 4.90 Å². The number of nitrogens with zero attached hydrogens (tertiary/aromatic N) is 1. The fraction of sp³-hybridized carbons (Fsp3) is 0.409. The number of anilines is 1. The largest absolute Gasteiger partial charge is 0.491 e. The average molecular weight is 384 g/mol. The number of carbonyl (C=O) groups is 1. The van der Waals surface area contributed by atoms with Crippen molar-refractivity contribution < 1.29 is 19.4 Å². The summed E-state index contributed by atoms with van der Waals surface area (Å²) in [5, 5.41) is 13.0. The number of likely N-dealkylation sites (tertiary alicyclic amines) is 1. The Balaban J connectivity index is 1.36. The van der Waals surface area contributed by atoms with E-state index < -0.39 is 6.10 Å². The Kier molecular flexibility index (Phi) is 7.28. The van der Waals surface area contributed by atoms with Gasteiger partial charge < -0.3 is 24.8 Å². The van der Waals surface area contributed by atoms with Crippen LogP contribution in [0, 0.1) is 0 Å². The van der Waals surface area contributed by atoms with Crippen LogP contribution in [0.4, 0.5) is 5.69 Å². The molecule has 1 atom stereocenters. The predicted octanol–water partition coefficient (Wildman–Crippen LogP) is 2.93. The first-order valence-electron chi connectivity index (χ1n) is 9.71. The van der Waals surface area contributed by atoms with Crippen LogP contribution in [0.2, 0.25) is 0 Å². The molecule has 2 N–H and O–H groups in total. The van der Waals surface area contributed by atoms with E-state index >= 15 is 0 Å². The number of benzene rings is 2. The lowest BCUT2D eigenvalue weighted by atomic mass is 10.1. The van der Waals surface area contributed by atoms with Gasteiger partial charge in [0.05, 0.1) is 0 Å². The van der Waals surface area contributed by atoms with Crippen molar-refractivity contribution in [1.29, 1.82) is 0 Å². The highest BCUT2D eigenvalue weighted by Gasteiger charge is 2.22. The number of rotatable bonds is 8. The summed E-state index contributed by atoms with van der Waals surface area (Å²) in [6, 6.07) is 17.0. The molecule has 0 bridgehead atoms. The van der Waals surface area contributed by atoms with E-state index in [4.69, 9.17) is 9.47 Å². The third kappa shape index (κ3) is 6.55. The normalized spacial score (nSPS) is 16.4. The number of ether oxygens (including phenoxy) is 2. The molecule has 0 spiro atoms. The Morgan fingerprint density at radius 3 is 2.43 bits per heavy atom. The smallest absolute Gasteiger partial charge is 0.221 e. The van der Waals surface area contributed by atoms with Crippen molar-refractivity contribution in [3.05, 3.63) is 54.6 Å². The zero-order chi connectivity index (χ0) is 19.8. The summed E-state index contributed by atoms with van der Waals surface area (Å²) in [6.07, 6.45) is 1.49. The van der Waals surface area contributed by atoms with Crippen LogP contribution in [-0.4, -0.2) is 54.4 Å². The number of nitrogens with one attached hydrogen (secondary N) is 1. The number of hydrogen-bond donors (Lipinski definition) is 2. The molecule has 6 heteroatoms. The third-order valence-electron chi connectivity index (χ3n) is 4.67. The lowest BCUT2D eigenvalue weighted by Gasteiger charge is -2.33. The molecular formula is C22H28N2O4. The Labute approximate surface area is 166 Å². The summed E-state index contributed by atoms with van der Waals surface area (Å²) >= 11 is 0. The van der Waals surface area contributed by atoms with Crippen molar-refractivity contribution >= 4 is 11.6 Å². The minimum Gasteiger partial charge on any atom is -0.491 e. The van der Waals surface area contributed by atoms with Gasteiger partial charge in [-0.2, -0.15) is 0 Å². The van der Waals surface area contributed by atoms with E-state index in [-0.39, 0.29) is 12.0 Å². The number of aliphatic hydroxyl groups is 1. The summed E-state index contributed by atoms with van der Waals surface area (Å²) in [4.78, 5) is 13.3. The van der Waals surface area contributed by atoms with Crippen LogP contribution in [0.25, 0.3) is 0 Å². The van der Waals surface area contributed by atoms with E-state index in [0.29, 0.717) is 13.2 Å². The topological polar surface area (TPSA) is 71.0 Å². The van der Waals surface area contributed by atoms with Crippen LogP contribution in [0.5, 0.6) is 11.5 Å². The predicted molar refractivity (Wildman–Crippen MR) is 109 cm³/mol. The molecule has 1 unspecified atom stereocenters. The quantitative estimate of drug-likeness (QED) is 0.732. The van der Waals surface area contributed by atoms with E-state index in [2.05, 4.69) is 10.2 Å². The van der Waals surface area contributed by atoms with Crippen LogP contribution in [0.1, 0.15) is 19.8 Å². The van der Waals surface area contributed by atoms with E-state index in [1.807, 2.05) is 54.6 Å². The molecule has 28 heavy (non-hydrogen) atoms. The molecule has 1 heterocycles. The molecular weight excluding hydrogens is 356 g/mol. The second kappa shape index (κ2) is 10.1. The van der Waals surface area contributed by atoms with Gasteiger partial charge in [0.15, 0.2) is 0 Å². The van der Waals surface area contributed by atoms with Gasteiger partial charge in [-0.3, -0.25) is 4.79 Å². The SMILES string of the molecule is CC(=O)Nc1ccc(OC2CCN(CC(O)COc3ccccc3)CC2)cc1. The summed E-state index contributed by atoms with van der Waals surface area (Å²) in [5.41, 5.74) is 0.765. The second-order valence-corrected chi connectivity index (χ2v) is 7.10. The molecule has 6 nitrogen and oxygen atoms in total. The highest BCUT2D eigenvalue weighted by molar-refractivity contribution is 5.88. The summed E-state index contributed by atoms with van der Waals surface area (Å²) < 4.78 is 11.7. The second-order valence-electron chi connectivity index (χ2n) is 7.10. The van der Waals surface area contributed by atoms with Gasteiger partial charge >= 0.3 is 0 Å². The summed E-state index contributed by atoms with van der Waals surface area (Å²) in [7, 11) is 0. The van der Waals surface area contributed by atoms with Gasteiger partial charge in [-0.15, -0.1) is 0 Å². The van der Waals surface area contributed by atoms with Gasteiger partial charge in [0, 0.05) is 32.2 Å². The van der Waals surface area contributed by atoms with Gasteiger partial charge in [0.2, 0.25) is 5.91 Å². The highest BCUT2D eigenvalue weighted by Crippen LogP contribution is 2.21. The van der Waals surface area contributed by atoms with Gasteiger partial charge in [0.1, 0.15) is 30.3 Å². The third-order valence-corrected chi connectivity index (χ3v) is 4.67. The maximum atomic E-state index is 11.1. The summed E-state index contributed by atoms with van der Waals surface area (Å²) in [5.74, 6) is 1.50. The molecule has 1 aliphatic rings. The van der Waals surface area contributed by atoms with Gasteiger partial charge in [-0.25, -0.2) is 0 Å². The molecule has 2 aromatic rings. The fourth-order valence-corrected chi connectivity index (χ4v) is 3.28. The molecule has 3 rings (SSSR count). The van der Waals surface area contributed by atoms with E-state index in [9.17, 15) is 9.90 Å². The van der Waals surface area contributed by atoms with Crippen molar-refractivity contribution in [2.24, 2.45) is 0 Å². The first-order valence-corrected chi connectivity index (χ1v) is 9.71. The maximum absolute atomic E-state index is 11.1. The van der Waals surface area contributed by atoms with Crippen LogP contribution in [0.15, 0.2) is 54.6 Å². The molecule has 2 aromatic carbocycles. The number of aliphatic hydroxyl groups excluding tert-OH is 1. The van der Waals surface area contributed by atoms with Crippen molar-refractivity contribution in [3.63, 3.8) is 0 Å². The highest BCUT2D eigenvalue weighted by atomic mass is 16.5. The number of hydrogen-bond acceptors (Lipinski definition) is 5. The monoisotopic (exact) mass is 384 g/mol. The first-order chi connectivity index (χ1) is 13.6. The van der Waals surface area contributed by atoms with E-state index in [1.165, 1.54) is 6.92 Å². The van der Waals surface area contributed by atoms with Crippen LogP contribution in [0.3, 0.4) is 0 Å². The van der Waals surface area contributed by atoms with Gasteiger partial charge in [0.25, 0.3) is 0 Å². The standard InChI is InChI=1S/C22H28N2O4/c1-17(25)23-18-7-9-21(10-8-18)28-22-11-13-24(14-12-22)15-19(26)16-27-20-5-3-2-4-6-20/h2-10,19,22,26H,11-16H2,1H3,(H,23,25). The Morgan fingerprint density at radius 2 is 1.79 bits per heavy atom. The van der Waals surface area contributed by atoms with Crippen LogP contribution >= 0.6 is 0 Å². The van der Waals surface area contributed by atoms with Crippen molar-refractivity contribution in [2.45, 2.75) is 32.0 Å². The number of piperidine rings is 1. The zero-order valence-corrected chi connectivity index (χ0v) is 16.2. The number of β-amino-alcohol motifs (C(OH)–C–C–N with tert-alkyl or cyclic N) is 1. The average Bonchev–Trinajstić information content (AvgIpc) is 2.70. The number of carbonyl (C=O) groups excluding carboxylic acids is 1.